The standard InChI is InChI=1S/C24H23NO3/c1-17-7-6-8-18(2)24(17)25-22(26)16-28-23(27)15-19-11-13-21(14-12-19)20-9-4-3-5-10-20/h3-14H,15-16H2,1-2H3,(H,25,26). The summed E-state index contributed by atoms with van der Waals surface area (Å²) in [5.41, 5.74) is 5.77. The van der Waals surface area contributed by atoms with Crippen molar-refractivity contribution in [2.75, 3.05) is 11.9 Å². The average Bonchev–Trinajstić information content (AvgIpc) is 2.70. The Morgan fingerprint density at radius 1 is 0.786 bits per heavy atom. The summed E-state index contributed by atoms with van der Waals surface area (Å²) < 4.78 is 5.12. The number of esters is 1. The van der Waals surface area contributed by atoms with Gasteiger partial charge >= 0.3 is 5.97 Å². The van der Waals surface area contributed by atoms with E-state index in [0.717, 1.165) is 33.5 Å². The van der Waals surface area contributed by atoms with Crippen LogP contribution in [0.1, 0.15) is 16.7 Å². The molecular weight excluding hydrogens is 350 g/mol. The molecule has 0 aliphatic rings. The molecule has 4 nitrogen and oxygen atoms in total. The van der Waals surface area contributed by atoms with Crippen molar-refractivity contribution in [2.45, 2.75) is 20.3 Å². The molecular formula is C24H23NO3. The third-order valence-corrected chi connectivity index (χ3v) is 4.52. The molecule has 3 aromatic rings. The highest BCUT2D eigenvalue weighted by Crippen LogP contribution is 2.20. The molecule has 0 fully saturated rings. The normalized spacial score (nSPS) is 10.4. The van der Waals surface area contributed by atoms with Gasteiger partial charge in [0.25, 0.3) is 5.91 Å². The Balaban J connectivity index is 1.51. The summed E-state index contributed by atoms with van der Waals surface area (Å²) in [7, 11) is 0. The summed E-state index contributed by atoms with van der Waals surface area (Å²) in [5.74, 6) is -0.769. The van der Waals surface area contributed by atoms with Crippen LogP contribution in [-0.4, -0.2) is 18.5 Å². The largest absolute Gasteiger partial charge is 0.455 e. The van der Waals surface area contributed by atoms with Crippen LogP contribution < -0.4 is 5.32 Å². The van der Waals surface area contributed by atoms with E-state index in [0.29, 0.717) is 0 Å². The first kappa shape index (κ1) is 19.4. The topological polar surface area (TPSA) is 55.4 Å². The molecule has 0 atom stereocenters. The molecule has 0 spiro atoms. The number of benzene rings is 3. The molecule has 3 rings (SSSR count). The van der Waals surface area contributed by atoms with E-state index in [9.17, 15) is 9.59 Å². The van der Waals surface area contributed by atoms with Crippen LogP contribution in [0.25, 0.3) is 11.1 Å². The maximum Gasteiger partial charge on any atom is 0.310 e. The Morgan fingerprint density at radius 2 is 1.39 bits per heavy atom. The fourth-order valence-electron chi connectivity index (χ4n) is 3.00. The lowest BCUT2D eigenvalue weighted by atomic mass is 10.0. The zero-order valence-corrected chi connectivity index (χ0v) is 16.1. The van der Waals surface area contributed by atoms with Gasteiger partial charge in [0, 0.05) is 5.69 Å². The fourth-order valence-corrected chi connectivity index (χ4v) is 3.00. The van der Waals surface area contributed by atoms with Crippen molar-refractivity contribution in [2.24, 2.45) is 0 Å². The number of anilines is 1. The first-order valence-corrected chi connectivity index (χ1v) is 9.19. The first-order chi connectivity index (χ1) is 13.5. The summed E-state index contributed by atoms with van der Waals surface area (Å²) in [6, 6.07) is 23.6. The fraction of sp³-hybridized carbons (Fsp3) is 0.167. The molecule has 0 heterocycles. The number of nitrogens with one attached hydrogen (secondary N) is 1. The number of hydrogen-bond acceptors (Lipinski definition) is 3. The van der Waals surface area contributed by atoms with E-state index in [-0.39, 0.29) is 18.9 Å². The second kappa shape index (κ2) is 9.00. The van der Waals surface area contributed by atoms with Gasteiger partial charge in [-0.25, -0.2) is 0 Å². The predicted molar refractivity (Wildman–Crippen MR) is 111 cm³/mol. The van der Waals surface area contributed by atoms with E-state index < -0.39 is 5.97 Å². The molecule has 0 radical (unpaired) electrons. The van der Waals surface area contributed by atoms with Crippen LogP contribution in [0.2, 0.25) is 0 Å². The van der Waals surface area contributed by atoms with Crippen molar-refractivity contribution in [1.82, 2.24) is 0 Å². The maximum absolute atomic E-state index is 12.1. The van der Waals surface area contributed by atoms with Crippen LogP contribution in [0.3, 0.4) is 0 Å². The van der Waals surface area contributed by atoms with E-state index in [1.54, 1.807) is 0 Å². The van der Waals surface area contributed by atoms with Gasteiger partial charge < -0.3 is 10.1 Å². The highest BCUT2D eigenvalue weighted by molar-refractivity contribution is 5.94. The maximum atomic E-state index is 12.1. The van der Waals surface area contributed by atoms with E-state index in [4.69, 9.17) is 4.74 Å². The second-order valence-corrected chi connectivity index (χ2v) is 6.72. The Kier molecular flexibility index (Phi) is 6.22. The van der Waals surface area contributed by atoms with Gasteiger partial charge in [-0.3, -0.25) is 9.59 Å². The van der Waals surface area contributed by atoms with E-state index >= 15 is 0 Å². The van der Waals surface area contributed by atoms with Crippen molar-refractivity contribution in [3.63, 3.8) is 0 Å². The second-order valence-electron chi connectivity index (χ2n) is 6.72. The van der Waals surface area contributed by atoms with Crippen molar-refractivity contribution in [3.05, 3.63) is 89.5 Å². The Hall–Kier alpha value is -3.40. The number of carbonyl (C=O) groups is 2. The van der Waals surface area contributed by atoms with Gasteiger partial charge in [-0.1, -0.05) is 72.8 Å². The first-order valence-electron chi connectivity index (χ1n) is 9.19. The van der Waals surface area contributed by atoms with E-state index in [1.165, 1.54) is 0 Å². The number of amides is 1. The number of carbonyl (C=O) groups excluding carboxylic acids is 2. The van der Waals surface area contributed by atoms with Crippen molar-refractivity contribution in [1.29, 1.82) is 0 Å². The Labute approximate surface area is 165 Å². The molecule has 0 saturated heterocycles. The van der Waals surface area contributed by atoms with Gasteiger partial charge in [-0.05, 0) is 41.7 Å². The minimum atomic E-state index is -0.427. The summed E-state index contributed by atoms with van der Waals surface area (Å²) in [6.07, 6.45) is 0.131. The molecule has 0 aliphatic heterocycles. The summed E-state index contributed by atoms with van der Waals surface area (Å²) in [5, 5.41) is 2.81. The number of para-hydroxylation sites is 1. The minimum absolute atomic E-state index is 0.131. The highest BCUT2D eigenvalue weighted by atomic mass is 16.5. The van der Waals surface area contributed by atoms with E-state index in [1.807, 2.05) is 86.6 Å². The minimum Gasteiger partial charge on any atom is -0.455 e. The number of ether oxygens (including phenoxy) is 1. The monoisotopic (exact) mass is 373 g/mol. The van der Waals surface area contributed by atoms with Gasteiger partial charge in [0.05, 0.1) is 6.42 Å². The van der Waals surface area contributed by atoms with Crippen LogP contribution in [0.4, 0.5) is 5.69 Å². The lowest BCUT2D eigenvalue weighted by molar-refractivity contribution is -0.146. The van der Waals surface area contributed by atoms with Crippen molar-refractivity contribution in [3.8, 4) is 11.1 Å². The van der Waals surface area contributed by atoms with Gasteiger partial charge in [0.15, 0.2) is 6.61 Å². The number of aryl methyl sites for hydroxylation is 2. The zero-order chi connectivity index (χ0) is 19.9. The van der Waals surface area contributed by atoms with Crippen LogP contribution in [-0.2, 0) is 20.7 Å². The van der Waals surface area contributed by atoms with Gasteiger partial charge in [0.1, 0.15) is 0 Å². The molecule has 1 amide bonds. The van der Waals surface area contributed by atoms with Crippen LogP contribution in [0, 0.1) is 13.8 Å². The SMILES string of the molecule is Cc1cccc(C)c1NC(=O)COC(=O)Cc1ccc(-c2ccccc2)cc1. The smallest absolute Gasteiger partial charge is 0.310 e. The van der Waals surface area contributed by atoms with Crippen LogP contribution in [0.15, 0.2) is 72.8 Å². The van der Waals surface area contributed by atoms with E-state index in [2.05, 4.69) is 5.32 Å². The molecule has 1 N–H and O–H groups in total. The zero-order valence-electron chi connectivity index (χ0n) is 16.1. The summed E-state index contributed by atoms with van der Waals surface area (Å²) >= 11 is 0. The molecule has 28 heavy (non-hydrogen) atoms. The van der Waals surface area contributed by atoms with Gasteiger partial charge in [0.2, 0.25) is 0 Å². The molecule has 0 bridgehead atoms. The summed E-state index contributed by atoms with van der Waals surface area (Å²) in [4.78, 5) is 24.1. The lowest BCUT2D eigenvalue weighted by Gasteiger charge is -2.11. The quantitative estimate of drug-likeness (QED) is 0.638. The molecule has 142 valence electrons. The van der Waals surface area contributed by atoms with Crippen LogP contribution in [0.5, 0.6) is 0 Å². The van der Waals surface area contributed by atoms with Gasteiger partial charge in [-0.2, -0.15) is 0 Å². The van der Waals surface area contributed by atoms with Crippen molar-refractivity contribution >= 4 is 17.6 Å². The molecule has 0 aromatic heterocycles. The van der Waals surface area contributed by atoms with Crippen molar-refractivity contribution < 1.29 is 14.3 Å². The number of rotatable bonds is 6. The third-order valence-electron chi connectivity index (χ3n) is 4.52. The van der Waals surface area contributed by atoms with Gasteiger partial charge in [-0.15, -0.1) is 0 Å². The molecule has 0 saturated carbocycles. The highest BCUT2D eigenvalue weighted by Gasteiger charge is 2.11. The Morgan fingerprint density at radius 3 is 2.04 bits per heavy atom. The summed E-state index contributed by atoms with van der Waals surface area (Å²) in [6.45, 7) is 3.55. The molecule has 0 aliphatic carbocycles. The number of hydrogen-bond donors (Lipinski definition) is 1. The third kappa shape index (κ3) is 5.07. The lowest BCUT2D eigenvalue weighted by Crippen LogP contribution is -2.22. The predicted octanol–water partition coefficient (Wildman–Crippen LogP) is 4.69. The average molecular weight is 373 g/mol. The molecule has 0 unspecified atom stereocenters. The molecule has 3 aromatic carbocycles. The van der Waals surface area contributed by atoms with Crippen LogP contribution >= 0.6 is 0 Å². The molecule has 4 heteroatoms. The Bertz CT molecular complexity index is 943.